The zero-order chi connectivity index (χ0) is 16.0. The van der Waals surface area contributed by atoms with E-state index in [2.05, 4.69) is 31.2 Å². The molecule has 0 saturated heterocycles. The van der Waals surface area contributed by atoms with Crippen molar-refractivity contribution in [2.45, 2.75) is 38.5 Å². The number of aliphatic carboxylic acids is 1. The molecule has 23 heavy (non-hydrogen) atoms. The number of rotatable bonds is 3. The number of carbonyl (C=O) groups is 1. The largest absolute Gasteiger partial charge is 0.481 e. The lowest BCUT2D eigenvalue weighted by Gasteiger charge is -2.18. The molecule has 0 spiro atoms. The lowest BCUT2D eigenvalue weighted by molar-refractivity contribution is -0.139. The van der Waals surface area contributed by atoms with Crippen LogP contribution in [0.2, 0.25) is 0 Å². The van der Waals surface area contributed by atoms with Crippen molar-refractivity contribution >= 4 is 22.3 Å². The molecule has 2 heterocycles. The Morgan fingerprint density at radius 2 is 2.17 bits per heavy atom. The number of benzene rings is 1. The van der Waals surface area contributed by atoms with E-state index in [1.165, 1.54) is 10.4 Å². The zero-order valence-corrected chi connectivity index (χ0v) is 13.8. The third-order valence-electron chi connectivity index (χ3n) is 4.62. The number of nitrogens with zero attached hydrogens (tertiary/aromatic N) is 2. The summed E-state index contributed by atoms with van der Waals surface area (Å²) in [4.78, 5) is 18.4. The number of hydrogen-bond acceptors (Lipinski definition) is 3. The summed E-state index contributed by atoms with van der Waals surface area (Å²) in [6.45, 7) is 2.14. The van der Waals surface area contributed by atoms with E-state index in [9.17, 15) is 9.90 Å². The van der Waals surface area contributed by atoms with Crippen LogP contribution in [0.3, 0.4) is 0 Å². The van der Waals surface area contributed by atoms with Crippen LogP contribution in [-0.2, 0) is 17.6 Å². The second-order valence-electron chi connectivity index (χ2n) is 6.02. The Morgan fingerprint density at radius 3 is 2.87 bits per heavy atom. The van der Waals surface area contributed by atoms with Gasteiger partial charge in [-0.3, -0.25) is 9.20 Å². The average Bonchev–Trinajstić information content (AvgIpc) is 3.12. The summed E-state index contributed by atoms with van der Waals surface area (Å²) in [5, 5.41) is 9.52. The SMILES string of the molecule is CCc1ccc(-c2cn3c4c(sc3n2)CCCC4C(=O)O)cc1. The van der Waals surface area contributed by atoms with Gasteiger partial charge in [-0.2, -0.15) is 0 Å². The lowest BCUT2D eigenvalue weighted by Crippen LogP contribution is -2.18. The van der Waals surface area contributed by atoms with Crippen molar-refractivity contribution in [3.05, 3.63) is 46.6 Å². The minimum atomic E-state index is -0.729. The van der Waals surface area contributed by atoms with E-state index in [1.807, 2.05) is 10.6 Å². The molecule has 118 valence electrons. The van der Waals surface area contributed by atoms with Crippen LogP contribution in [0.1, 0.15) is 41.8 Å². The molecular formula is C18H18N2O2S. The van der Waals surface area contributed by atoms with Gasteiger partial charge in [0.25, 0.3) is 0 Å². The highest BCUT2D eigenvalue weighted by Gasteiger charge is 2.31. The van der Waals surface area contributed by atoms with Gasteiger partial charge in [-0.25, -0.2) is 4.98 Å². The normalized spacial score (nSPS) is 17.3. The fraction of sp³-hybridized carbons (Fsp3) is 0.333. The molecule has 2 aromatic heterocycles. The molecule has 4 rings (SSSR count). The molecule has 1 atom stereocenters. The predicted molar refractivity (Wildman–Crippen MR) is 91.2 cm³/mol. The van der Waals surface area contributed by atoms with Gasteiger partial charge in [0.2, 0.25) is 0 Å². The van der Waals surface area contributed by atoms with E-state index in [-0.39, 0.29) is 0 Å². The number of fused-ring (bicyclic) bond motifs is 3. The fourth-order valence-electron chi connectivity index (χ4n) is 3.34. The van der Waals surface area contributed by atoms with E-state index in [4.69, 9.17) is 4.98 Å². The highest BCUT2D eigenvalue weighted by atomic mass is 32.1. The van der Waals surface area contributed by atoms with E-state index in [0.29, 0.717) is 6.42 Å². The summed E-state index contributed by atoms with van der Waals surface area (Å²) in [5.74, 6) is -1.13. The van der Waals surface area contributed by atoms with E-state index in [0.717, 1.165) is 41.2 Å². The topological polar surface area (TPSA) is 54.6 Å². The molecule has 1 aliphatic carbocycles. The summed E-state index contributed by atoms with van der Waals surface area (Å²) in [7, 11) is 0. The van der Waals surface area contributed by atoms with Gasteiger partial charge in [0.15, 0.2) is 4.96 Å². The van der Waals surface area contributed by atoms with Crippen molar-refractivity contribution in [2.75, 3.05) is 0 Å². The van der Waals surface area contributed by atoms with Gasteiger partial charge in [-0.1, -0.05) is 31.2 Å². The third kappa shape index (κ3) is 2.36. The minimum Gasteiger partial charge on any atom is -0.481 e. The molecule has 1 N–H and O–H groups in total. The van der Waals surface area contributed by atoms with Crippen LogP contribution < -0.4 is 0 Å². The van der Waals surface area contributed by atoms with Crippen LogP contribution in [0.25, 0.3) is 16.2 Å². The van der Waals surface area contributed by atoms with Gasteiger partial charge in [0.1, 0.15) is 0 Å². The zero-order valence-electron chi connectivity index (χ0n) is 13.0. The molecule has 0 fully saturated rings. The van der Waals surface area contributed by atoms with Gasteiger partial charge >= 0.3 is 5.97 Å². The molecule has 0 bridgehead atoms. The number of thiazole rings is 1. The van der Waals surface area contributed by atoms with Crippen LogP contribution in [0, 0.1) is 0 Å². The Balaban J connectivity index is 1.81. The molecule has 1 aromatic carbocycles. The van der Waals surface area contributed by atoms with Gasteiger partial charge in [-0.05, 0) is 31.2 Å². The molecule has 5 heteroatoms. The number of aryl methyl sites for hydroxylation is 2. The minimum absolute atomic E-state index is 0.406. The summed E-state index contributed by atoms with van der Waals surface area (Å²) >= 11 is 1.63. The number of aromatic nitrogens is 2. The van der Waals surface area contributed by atoms with Crippen LogP contribution in [0.4, 0.5) is 0 Å². The molecule has 0 amide bonds. The van der Waals surface area contributed by atoms with Crippen LogP contribution in [0.15, 0.2) is 30.5 Å². The molecule has 0 radical (unpaired) electrons. The van der Waals surface area contributed by atoms with Crippen molar-refractivity contribution in [1.29, 1.82) is 0 Å². The van der Waals surface area contributed by atoms with E-state index < -0.39 is 11.9 Å². The first kappa shape index (κ1) is 14.5. The first-order chi connectivity index (χ1) is 11.2. The average molecular weight is 326 g/mol. The van der Waals surface area contributed by atoms with Crippen LogP contribution >= 0.6 is 11.3 Å². The van der Waals surface area contributed by atoms with Gasteiger partial charge in [0, 0.05) is 16.6 Å². The third-order valence-corrected chi connectivity index (χ3v) is 5.75. The van der Waals surface area contributed by atoms with Gasteiger partial charge in [0.05, 0.1) is 17.3 Å². The number of hydrogen-bond donors (Lipinski definition) is 1. The lowest BCUT2D eigenvalue weighted by atomic mass is 9.91. The maximum absolute atomic E-state index is 11.6. The number of imidazole rings is 1. The fourth-order valence-corrected chi connectivity index (χ4v) is 4.55. The van der Waals surface area contributed by atoms with Gasteiger partial charge in [-0.15, -0.1) is 11.3 Å². The monoisotopic (exact) mass is 326 g/mol. The number of carboxylic acid groups (broad SMARTS) is 1. The van der Waals surface area contributed by atoms with Crippen LogP contribution in [-0.4, -0.2) is 20.5 Å². The quantitative estimate of drug-likeness (QED) is 0.787. The van der Waals surface area contributed by atoms with Crippen LogP contribution in [0.5, 0.6) is 0 Å². The van der Waals surface area contributed by atoms with E-state index >= 15 is 0 Å². The Bertz CT molecular complexity index is 876. The second kappa shape index (κ2) is 5.49. The predicted octanol–water partition coefficient (Wildman–Crippen LogP) is 4.13. The first-order valence-corrected chi connectivity index (χ1v) is 8.81. The van der Waals surface area contributed by atoms with E-state index in [1.54, 1.807) is 11.3 Å². The van der Waals surface area contributed by atoms with Crippen molar-refractivity contribution in [2.24, 2.45) is 0 Å². The summed E-state index contributed by atoms with van der Waals surface area (Å²) in [5.41, 5.74) is 4.23. The second-order valence-corrected chi connectivity index (χ2v) is 7.08. The Hall–Kier alpha value is -2.14. The maximum atomic E-state index is 11.6. The smallest absolute Gasteiger partial charge is 0.312 e. The Morgan fingerprint density at radius 1 is 1.39 bits per heavy atom. The summed E-state index contributed by atoms with van der Waals surface area (Å²) in [6.07, 6.45) is 5.64. The first-order valence-electron chi connectivity index (χ1n) is 8.00. The Kier molecular flexibility index (Phi) is 3.45. The van der Waals surface area contributed by atoms with Crippen molar-refractivity contribution in [3.63, 3.8) is 0 Å². The highest BCUT2D eigenvalue weighted by molar-refractivity contribution is 7.17. The standard InChI is InChI=1S/C18H18N2O2S/c1-2-11-6-8-12(9-7-11)14-10-20-16-13(17(21)22)4-3-5-15(16)23-18(20)19-14/h6-10,13H,2-5H2,1H3,(H,21,22). The van der Waals surface area contributed by atoms with Crippen molar-refractivity contribution in [1.82, 2.24) is 9.38 Å². The molecule has 0 saturated carbocycles. The number of carboxylic acids is 1. The van der Waals surface area contributed by atoms with Crippen molar-refractivity contribution in [3.8, 4) is 11.3 Å². The molecule has 1 unspecified atom stereocenters. The van der Waals surface area contributed by atoms with Gasteiger partial charge < -0.3 is 5.11 Å². The summed E-state index contributed by atoms with van der Waals surface area (Å²) in [6, 6.07) is 8.43. The molecule has 4 nitrogen and oxygen atoms in total. The Labute approximate surface area is 138 Å². The molecular weight excluding hydrogens is 308 g/mol. The highest BCUT2D eigenvalue weighted by Crippen LogP contribution is 2.38. The molecule has 1 aliphatic rings. The molecule has 0 aliphatic heterocycles. The summed E-state index contributed by atoms with van der Waals surface area (Å²) < 4.78 is 2.00. The molecule has 3 aromatic rings. The maximum Gasteiger partial charge on any atom is 0.312 e. The van der Waals surface area contributed by atoms with Crippen molar-refractivity contribution < 1.29 is 9.90 Å².